The van der Waals surface area contributed by atoms with E-state index in [1.165, 1.54) is 0 Å². The van der Waals surface area contributed by atoms with E-state index in [0.29, 0.717) is 12.3 Å². The summed E-state index contributed by atoms with van der Waals surface area (Å²) in [4.78, 5) is 19.6. The topological polar surface area (TPSA) is 73.4 Å². The summed E-state index contributed by atoms with van der Waals surface area (Å²) in [6, 6.07) is 7.27. The Kier molecular flexibility index (Phi) is 6.44. The van der Waals surface area contributed by atoms with Gasteiger partial charge in [-0.05, 0) is 18.6 Å². The minimum atomic E-state index is -0.572. The van der Waals surface area contributed by atoms with Crippen molar-refractivity contribution in [1.29, 1.82) is 0 Å². The number of carbonyl (C=O) groups excluding carboxylic acids is 1. The predicted molar refractivity (Wildman–Crippen MR) is 110 cm³/mol. The molecule has 0 saturated carbocycles. The summed E-state index contributed by atoms with van der Waals surface area (Å²) >= 11 is 4.20. The maximum atomic E-state index is 12.8. The second-order valence-corrected chi connectivity index (χ2v) is 7.25. The number of hydrogen-bond donors (Lipinski definition) is 2. The van der Waals surface area contributed by atoms with Crippen molar-refractivity contribution in [2.24, 2.45) is 5.73 Å². The van der Waals surface area contributed by atoms with Gasteiger partial charge in [-0.25, -0.2) is 4.98 Å². The third-order valence-corrected chi connectivity index (χ3v) is 5.45. The van der Waals surface area contributed by atoms with Gasteiger partial charge in [0, 0.05) is 30.6 Å². The highest BCUT2D eigenvalue weighted by Crippen LogP contribution is 2.33. The van der Waals surface area contributed by atoms with Crippen LogP contribution in [-0.4, -0.2) is 45.8 Å². The molecule has 2 heterocycles. The van der Waals surface area contributed by atoms with E-state index < -0.39 is 6.04 Å². The fourth-order valence-electron chi connectivity index (χ4n) is 3.54. The van der Waals surface area contributed by atoms with Gasteiger partial charge in [-0.1, -0.05) is 31.9 Å². The van der Waals surface area contributed by atoms with Crippen molar-refractivity contribution in [3.63, 3.8) is 0 Å². The molecule has 0 radical (unpaired) electrons. The summed E-state index contributed by atoms with van der Waals surface area (Å²) in [5.74, 6) is 2.05. The molecular formula is C20H28N4O2S. The lowest BCUT2D eigenvalue weighted by molar-refractivity contribution is -0.136. The molecule has 2 atom stereocenters. The molecule has 146 valence electrons. The van der Waals surface area contributed by atoms with Crippen LogP contribution in [0, 0.1) is 0 Å². The number of rotatable bonds is 7. The molecule has 3 rings (SSSR count). The summed E-state index contributed by atoms with van der Waals surface area (Å²) in [5, 5.41) is 0. The Labute approximate surface area is 166 Å². The number of nitrogens with two attached hydrogens (primary N) is 1. The molecule has 27 heavy (non-hydrogen) atoms. The van der Waals surface area contributed by atoms with Gasteiger partial charge >= 0.3 is 0 Å². The van der Waals surface area contributed by atoms with E-state index in [-0.39, 0.29) is 11.9 Å². The third kappa shape index (κ3) is 4.14. The van der Waals surface area contributed by atoms with Crippen LogP contribution < -0.4 is 10.5 Å². The smallest absolute Gasteiger partial charge is 0.241 e. The van der Waals surface area contributed by atoms with Gasteiger partial charge < -0.3 is 19.9 Å². The number of fused-ring (bicyclic) bond motifs is 1. The van der Waals surface area contributed by atoms with Crippen LogP contribution >= 0.6 is 12.6 Å². The Morgan fingerprint density at radius 2 is 2.26 bits per heavy atom. The van der Waals surface area contributed by atoms with Crippen LogP contribution in [0.5, 0.6) is 5.75 Å². The lowest BCUT2D eigenvalue weighted by Crippen LogP contribution is -2.50. The lowest BCUT2D eigenvalue weighted by Gasteiger charge is -2.37. The first-order valence-corrected chi connectivity index (χ1v) is 10.1. The Morgan fingerprint density at radius 1 is 1.44 bits per heavy atom. The number of benzene rings is 1. The van der Waals surface area contributed by atoms with Crippen LogP contribution in [-0.2, 0) is 11.3 Å². The van der Waals surface area contributed by atoms with E-state index in [1.807, 2.05) is 29.2 Å². The average Bonchev–Trinajstić information content (AvgIpc) is 3.15. The molecule has 0 fully saturated rings. The molecular weight excluding hydrogens is 360 g/mol. The molecule has 6 nitrogen and oxygen atoms in total. The molecule has 2 aromatic rings. The van der Waals surface area contributed by atoms with Crippen molar-refractivity contribution in [2.75, 3.05) is 19.4 Å². The Bertz CT molecular complexity index is 792. The van der Waals surface area contributed by atoms with Gasteiger partial charge in [0.2, 0.25) is 5.91 Å². The minimum absolute atomic E-state index is 0.0386. The van der Waals surface area contributed by atoms with Crippen LogP contribution in [0.4, 0.5) is 0 Å². The maximum Gasteiger partial charge on any atom is 0.241 e. The predicted octanol–water partition coefficient (Wildman–Crippen LogP) is 2.89. The standard InChI is InChI=1S/C20H28N4O2S/c1-3-4-8-18-19-22-17(14-6-5-7-15(11-14)26-2)12-23(19)9-10-24(18)20(25)16(21)13-27/h5-7,11-12,16,18,27H,3-4,8-10,13,21H2,1-2H3/t16-,18-/m0/s1. The van der Waals surface area contributed by atoms with Gasteiger partial charge in [-0.3, -0.25) is 4.79 Å². The Hall–Kier alpha value is -1.99. The molecule has 0 bridgehead atoms. The number of methoxy groups -OCH3 is 1. The highest BCUT2D eigenvalue weighted by molar-refractivity contribution is 7.80. The van der Waals surface area contributed by atoms with E-state index in [9.17, 15) is 4.79 Å². The number of thiol groups is 1. The Morgan fingerprint density at radius 3 is 2.96 bits per heavy atom. The van der Waals surface area contributed by atoms with Crippen molar-refractivity contribution < 1.29 is 9.53 Å². The van der Waals surface area contributed by atoms with Crippen LogP contribution in [0.25, 0.3) is 11.3 Å². The van der Waals surface area contributed by atoms with Gasteiger partial charge in [0.05, 0.1) is 24.9 Å². The largest absolute Gasteiger partial charge is 0.497 e. The lowest BCUT2D eigenvalue weighted by atomic mass is 10.0. The van der Waals surface area contributed by atoms with Crippen molar-refractivity contribution in [1.82, 2.24) is 14.5 Å². The number of carbonyl (C=O) groups is 1. The highest BCUT2D eigenvalue weighted by Gasteiger charge is 2.34. The third-order valence-electron chi connectivity index (χ3n) is 5.06. The summed E-state index contributed by atoms with van der Waals surface area (Å²) in [6.45, 7) is 3.53. The first-order valence-electron chi connectivity index (χ1n) is 9.47. The van der Waals surface area contributed by atoms with Crippen LogP contribution in [0.1, 0.15) is 38.1 Å². The van der Waals surface area contributed by atoms with Crippen molar-refractivity contribution in [2.45, 2.75) is 44.8 Å². The molecule has 1 aliphatic heterocycles. The van der Waals surface area contributed by atoms with Gasteiger partial charge in [0.25, 0.3) is 0 Å². The van der Waals surface area contributed by atoms with Gasteiger partial charge in [-0.15, -0.1) is 0 Å². The highest BCUT2D eigenvalue weighted by atomic mass is 32.1. The molecule has 1 aromatic carbocycles. The van der Waals surface area contributed by atoms with E-state index in [4.69, 9.17) is 15.5 Å². The average molecular weight is 389 g/mol. The zero-order valence-electron chi connectivity index (χ0n) is 16.0. The first-order chi connectivity index (χ1) is 13.1. The Balaban J connectivity index is 1.94. The summed E-state index contributed by atoms with van der Waals surface area (Å²) in [7, 11) is 1.66. The molecule has 1 amide bonds. The minimum Gasteiger partial charge on any atom is -0.497 e. The molecule has 0 aliphatic carbocycles. The number of nitrogens with zero attached hydrogens (tertiary/aromatic N) is 3. The summed E-state index contributed by atoms with van der Waals surface area (Å²) < 4.78 is 7.50. The first kappa shape index (κ1) is 19.8. The molecule has 1 aliphatic rings. The fourth-order valence-corrected chi connectivity index (χ4v) is 3.70. The zero-order valence-corrected chi connectivity index (χ0v) is 16.9. The van der Waals surface area contributed by atoms with Crippen LogP contribution in [0.3, 0.4) is 0 Å². The molecule has 0 unspecified atom stereocenters. The molecule has 2 N–H and O–H groups in total. The summed E-state index contributed by atoms with van der Waals surface area (Å²) in [5.41, 5.74) is 7.89. The fraction of sp³-hybridized carbons (Fsp3) is 0.500. The number of ether oxygens (including phenoxy) is 1. The number of unbranched alkanes of at least 4 members (excludes halogenated alkanes) is 1. The van der Waals surface area contributed by atoms with Crippen molar-refractivity contribution in [3.8, 4) is 17.0 Å². The monoisotopic (exact) mass is 388 g/mol. The van der Waals surface area contributed by atoms with Crippen LogP contribution in [0.2, 0.25) is 0 Å². The molecule has 7 heteroatoms. The second-order valence-electron chi connectivity index (χ2n) is 6.89. The second kappa shape index (κ2) is 8.80. The molecule has 1 aromatic heterocycles. The van der Waals surface area contributed by atoms with E-state index in [0.717, 1.165) is 48.6 Å². The number of imidazole rings is 1. The zero-order chi connectivity index (χ0) is 19.4. The maximum absolute atomic E-state index is 12.8. The van der Waals surface area contributed by atoms with Gasteiger partial charge in [0.1, 0.15) is 11.6 Å². The van der Waals surface area contributed by atoms with E-state index in [1.54, 1.807) is 7.11 Å². The molecule has 0 spiro atoms. The normalized spacial score (nSPS) is 17.5. The SMILES string of the molecule is CCCC[C@H]1c2nc(-c3cccc(OC)c3)cn2CCN1C(=O)[C@@H](N)CS. The number of amides is 1. The van der Waals surface area contributed by atoms with Gasteiger partial charge in [-0.2, -0.15) is 12.6 Å². The van der Waals surface area contributed by atoms with Crippen molar-refractivity contribution in [3.05, 3.63) is 36.3 Å². The quantitative estimate of drug-likeness (QED) is 0.716. The molecule has 0 saturated heterocycles. The van der Waals surface area contributed by atoms with Gasteiger partial charge in [0.15, 0.2) is 0 Å². The van der Waals surface area contributed by atoms with E-state index in [2.05, 4.69) is 30.3 Å². The van der Waals surface area contributed by atoms with E-state index >= 15 is 0 Å². The van der Waals surface area contributed by atoms with Crippen molar-refractivity contribution >= 4 is 18.5 Å². The van der Waals surface area contributed by atoms with Crippen LogP contribution in [0.15, 0.2) is 30.5 Å². The number of hydrogen-bond acceptors (Lipinski definition) is 5. The summed E-state index contributed by atoms with van der Waals surface area (Å²) in [6.07, 6.45) is 5.06. The number of aromatic nitrogens is 2.